The van der Waals surface area contributed by atoms with Gasteiger partial charge in [-0.25, -0.2) is 0 Å². The fourth-order valence-corrected chi connectivity index (χ4v) is 5.23. The highest BCUT2D eigenvalue weighted by atomic mass is 16.5. The van der Waals surface area contributed by atoms with E-state index in [2.05, 4.69) is 41.9 Å². The first-order valence-electron chi connectivity index (χ1n) is 14.8. The van der Waals surface area contributed by atoms with Crippen molar-refractivity contribution >= 4 is 28.5 Å². The Morgan fingerprint density at radius 2 is 1.77 bits per heavy atom. The van der Waals surface area contributed by atoms with Gasteiger partial charge in [0.2, 0.25) is 11.8 Å². The van der Waals surface area contributed by atoms with Gasteiger partial charge >= 0.3 is 0 Å². The maximum Gasteiger partial charge on any atom is 0.254 e. The number of likely N-dealkylation sites (tertiary alicyclic amines) is 1. The van der Waals surface area contributed by atoms with Crippen LogP contribution >= 0.6 is 0 Å². The van der Waals surface area contributed by atoms with Gasteiger partial charge in [-0.15, -0.1) is 0 Å². The number of nitrogens with zero attached hydrogens (tertiary/aromatic N) is 1. The predicted octanol–water partition coefficient (Wildman–Crippen LogP) is 3.82. The van der Waals surface area contributed by atoms with Crippen LogP contribution in [0.2, 0.25) is 0 Å². The second kappa shape index (κ2) is 15.1. The third kappa shape index (κ3) is 8.51. The molecular formula is C32H48N4O4. The number of carbonyl (C=O) groups excluding carboxylic acids is 3. The molecule has 0 saturated carbocycles. The van der Waals surface area contributed by atoms with Gasteiger partial charge in [0.15, 0.2) is 0 Å². The molecule has 2 aromatic rings. The summed E-state index contributed by atoms with van der Waals surface area (Å²) >= 11 is 0. The molecule has 8 heteroatoms. The second-order valence-electron chi connectivity index (χ2n) is 11.3. The van der Waals surface area contributed by atoms with Crippen LogP contribution in [0.4, 0.5) is 0 Å². The minimum absolute atomic E-state index is 0.213. The van der Waals surface area contributed by atoms with Gasteiger partial charge in [0.1, 0.15) is 17.7 Å². The average molecular weight is 553 g/mol. The number of hydrogen-bond acceptors (Lipinski definition) is 5. The highest BCUT2D eigenvalue weighted by Crippen LogP contribution is 2.23. The number of nitrogens with one attached hydrogen (secondary N) is 3. The maximum absolute atomic E-state index is 13.5. The quantitative estimate of drug-likeness (QED) is 0.292. The van der Waals surface area contributed by atoms with Crippen molar-refractivity contribution in [3.63, 3.8) is 0 Å². The third-order valence-corrected chi connectivity index (χ3v) is 8.15. The SMILES string of the molecule is CCC(CC)CNCCCNC(=O)[C@@H](Cc1ccc2ccccc2c1)NC(=O)C1CCCN1C(=O)C(C)(C)OC. The molecule has 0 bridgehead atoms. The van der Waals surface area contributed by atoms with E-state index in [-0.39, 0.29) is 17.7 Å². The number of benzene rings is 2. The molecule has 8 nitrogen and oxygen atoms in total. The lowest BCUT2D eigenvalue weighted by atomic mass is 10.0. The Balaban J connectivity index is 1.67. The van der Waals surface area contributed by atoms with Crippen molar-refractivity contribution in [2.24, 2.45) is 5.92 Å². The van der Waals surface area contributed by atoms with E-state index in [0.29, 0.717) is 31.8 Å². The molecule has 0 aromatic heterocycles. The molecule has 1 unspecified atom stereocenters. The Bertz CT molecular complexity index is 1130. The molecule has 1 heterocycles. The molecule has 1 aliphatic rings. The highest BCUT2D eigenvalue weighted by Gasteiger charge is 2.41. The van der Waals surface area contributed by atoms with Crippen LogP contribution in [0.5, 0.6) is 0 Å². The van der Waals surface area contributed by atoms with Gasteiger partial charge in [-0.2, -0.15) is 0 Å². The van der Waals surface area contributed by atoms with Crippen molar-refractivity contribution in [3.05, 3.63) is 48.0 Å². The molecule has 220 valence electrons. The van der Waals surface area contributed by atoms with Crippen molar-refractivity contribution in [3.8, 4) is 0 Å². The molecule has 0 aliphatic carbocycles. The van der Waals surface area contributed by atoms with Crippen LogP contribution in [0.25, 0.3) is 10.8 Å². The van der Waals surface area contributed by atoms with Gasteiger partial charge < -0.3 is 25.6 Å². The van der Waals surface area contributed by atoms with Crippen molar-refractivity contribution in [1.29, 1.82) is 0 Å². The van der Waals surface area contributed by atoms with Crippen molar-refractivity contribution < 1.29 is 19.1 Å². The van der Waals surface area contributed by atoms with Crippen LogP contribution in [-0.2, 0) is 25.5 Å². The molecule has 40 heavy (non-hydrogen) atoms. The van der Waals surface area contributed by atoms with Gasteiger partial charge in [-0.05, 0) is 68.5 Å². The van der Waals surface area contributed by atoms with Crippen LogP contribution in [0.1, 0.15) is 65.4 Å². The number of hydrogen-bond donors (Lipinski definition) is 3. The van der Waals surface area contributed by atoms with Crippen molar-refractivity contribution in [2.45, 2.75) is 83.9 Å². The van der Waals surface area contributed by atoms with Crippen LogP contribution in [0, 0.1) is 5.92 Å². The van der Waals surface area contributed by atoms with Gasteiger partial charge in [-0.1, -0.05) is 69.2 Å². The fourth-order valence-electron chi connectivity index (χ4n) is 5.23. The molecule has 1 aliphatic heterocycles. The van der Waals surface area contributed by atoms with E-state index in [1.54, 1.807) is 18.7 Å². The molecule has 2 aromatic carbocycles. The summed E-state index contributed by atoms with van der Waals surface area (Å²) in [4.78, 5) is 41.5. The molecule has 3 amide bonds. The summed E-state index contributed by atoms with van der Waals surface area (Å²) in [5.41, 5.74) is -0.0570. The van der Waals surface area contributed by atoms with E-state index in [0.717, 1.165) is 55.1 Å². The largest absolute Gasteiger partial charge is 0.369 e. The Hall–Kier alpha value is -2.97. The normalized spacial score (nSPS) is 16.4. The molecule has 0 spiro atoms. The Morgan fingerprint density at radius 3 is 2.48 bits per heavy atom. The summed E-state index contributed by atoms with van der Waals surface area (Å²) in [6.45, 7) is 10.7. The third-order valence-electron chi connectivity index (χ3n) is 8.15. The second-order valence-corrected chi connectivity index (χ2v) is 11.3. The zero-order valence-electron chi connectivity index (χ0n) is 24.9. The van der Waals surface area contributed by atoms with Crippen LogP contribution < -0.4 is 16.0 Å². The molecule has 3 rings (SSSR count). The summed E-state index contributed by atoms with van der Waals surface area (Å²) in [6.07, 6.45) is 4.77. The fraction of sp³-hybridized carbons (Fsp3) is 0.594. The highest BCUT2D eigenvalue weighted by molar-refractivity contribution is 5.94. The first kappa shape index (κ1) is 31.6. The maximum atomic E-state index is 13.5. The number of methoxy groups -OCH3 is 1. The van der Waals surface area contributed by atoms with Crippen molar-refractivity contribution in [1.82, 2.24) is 20.9 Å². The molecular weight excluding hydrogens is 504 g/mol. The number of amides is 3. The zero-order valence-corrected chi connectivity index (χ0v) is 24.9. The summed E-state index contributed by atoms with van der Waals surface area (Å²) < 4.78 is 5.38. The first-order valence-corrected chi connectivity index (χ1v) is 14.8. The number of rotatable bonds is 15. The molecule has 1 saturated heterocycles. The lowest BCUT2D eigenvalue weighted by Gasteiger charge is -2.32. The lowest BCUT2D eigenvalue weighted by Crippen LogP contribution is -2.56. The van der Waals surface area contributed by atoms with E-state index in [4.69, 9.17) is 4.74 Å². The Morgan fingerprint density at radius 1 is 1.05 bits per heavy atom. The average Bonchev–Trinajstić information content (AvgIpc) is 3.46. The Kier molecular flexibility index (Phi) is 11.9. The molecule has 3 N–H and O–H groups in total. The van der Waals surface area contributed by atoms with E-state index < -0.39 is 17.7 Å². The first-order chi connectivity index (χ1) is 19.2. The number of ether oxygens (including phenoxy) is 1. The van der Waals surface area contributed by atoms with Gasteiger partial charge in [0.05, 0.1) is 0 Å². The smallest absolute Gasteiger partial charge is 0.254 e. The monoisotopic (exact) mass is 552 g/mol. The minimum Gasteiger partial charge on any atom is -0.369 e. The van der Waals surface area contributed by atoms with Crippen LogP contribution in [0.15, 0.2) is 42.5 Å². The molecule has 2 atom stereocenters. The summed E-state index contributed by atoms with van der Waals surface area (Å²) in [7, 11) is 1.49. The lowest BCUT2D eigenvalue weighted by molar-refractivity contribution is -0.154. The van der Waals surface area contributed by atoms with Crippen LogP contribution in [-0.4, -0.2) is 73.6 Å². The van der Waals surface area contributed by atoms with Gasteiger partial charge in [0.25, 0.3) is 5.91 Å². The Labute approximate surface area is 239 Å². The van der Waals surface area contributed by atoms with Crippen LogP contribution in [0.3, 0.4) is 0 Å². The predicted molar refractivity (Wildman–Crippen MR) is 160 cm³/mol. The standard InChI is InChI=1S/C32H48N4O4/c1-6-23(7-2)22-33-17-11-18-34-29(37)27(21-24-15-16-25-12-8-9-13-26(25)20-24)35-30(38)28-14-10-19-36(28)31(39)32(3,4)40-5/h8-9,12-13,15-16,20,23,27-28,33H,6-7,10-11,14,17-19,21-22H2,1-5H3,(H,34,37)(H,35,38)/t27-,28?/m1/s1. The zero-order chi connectivity index (χ0) is 29.1. The van der Waals surface area contributed by atoms with E-state index in [1.165, 1.54) is 7.11 Å². The van der Waals surface area contributed by atoms with E-state index >= 15 is 0 Å². The number of carbonyl (C=O) groups is 3. The molecule has 1 fully saturated rings. The summed E-state index contributed by atoms with van der Waals surface area (Å²) in [6, 6.07) is 12.8. The van der Waals surface area contributed by atoms with Gasteiger partial charge in [-0.3, -0.25) is 14.4 Å². The number of fused-ring (bicyclic) bond motifs is 1. The van der Waals surface area contributed by atoms with E-state index in [9.17, 15) is 14.4 Å². The minimum atomic E-state index is -1.02. The van der Waals surface area contributed by atoms with Gasteiger partial charge in [0, 0.05) is 26.6 Å². The van der Waals surface area contributed by atoms with Crippen molar-refractivity contribution in [2.75, 3.05) is 33.3 Å². The summed E-state index contributed by atoms with van der Waals surface area (Å²) in [5.74, 6) is -0.0585. The van der Waals surface area contributed by atoms with E-state index in [1.807, 2.05) is 30.3 Å². The topological polar surface area (TPSA) is 99.8 Å². The summed E-state index contributed by atoms with van der Waals surface area (Å²) in [5, 5.41) is 11.7. The molecule has 0 radical (unpaired) electrons.